The number of nitrogens with zero attached hydrogens (tertiary/aromatic N) is 3. The lowest BCUT2D eigenvalue weighted by Crippen LogP contribution is -2.36. The van der Waals surface area contributed by atoms with E-state index in [0.717, 1.165) is 11.3 Å². The fourth-order valence-electron chi connectivity index (χ4n) is 2.32. The van der Waals surface area contributed by atoms with E-state index in [2.05, 4.69) is 43.1 Å². The molecule has 0 spiro atoms. The Hall–Kier alpha value is -1.24. The van der Waals surface area contributed by atoms with E-state index in [-0.39, 0.29) is 6.04 Å². The Bertz CT molecular complexity index is 630. The van der Waals surface area contributed by atoms with Crippen LogP contribution in [0.15, 0.2) is 12.4 Å². The van der Waals surface area contributed by atoms with Crippen molar-refractivity contribution >= 4 is 11.3 Å². The topological polar surface area (TPSA) is 63.0 Å². The average molecular weight is 322 g/mol. The van der Waals surface area contributed by atoms with Crippen LogP contribution in [-0.4, -0.2) is 26.4 Å². The highest BCUT2D eigenvalue weighted by atomic mass is 32.1. The second kappa shape index (κ2) is 6.48. The predicted octanol–water partition coefficient (Wildman–Crippen LogP) is 2.87. The third kappa shape index (κ3) is 3.74. The number of hydrogen-bond donors (Lipinski definition) is 2. The summed E-state index contributed by atoms with van der Waals surface area (Å²) in [5.74, 6) is 0.447. The molecule has 2 heterocycles. The van der Waals surface area contributed by atoms with E-state index in [1.807, 2.05) is 20.2 Å². The maximum atomic E-state index is 10.6. The smallest absolute Gasteiger partial charge is 0.102 e. The van der Waals surface area contributed by atoms with Gasteiger partial charge in [0.05, 0.1) is 16.9 Å². The van der Waals surface area contributed by atoms with Gasteiger partial charge in [0.1, 0.15) is 5.60 Å². The van der Waals surface area contributed by atoms with Gasteiger partial charge >= 0.3 is 0 Å². The van der Waals surface area contributed by atoms with Crippen molar-refractivity contribution in [1.29, 1.82) is 0 Å². The van der Waals surface area contributed by atoms with Crippen LogP contribution in [0.1, 0.15) is 60.8 Å². The Balaban J connectivity index is 2.04. The van der Waals surface area contributed by atoms with Gasteiger partial charge in [-0.15, -0.1) is 11.3 Å². The van der Waals surface area contributed by atoms with Crippen LogP contribution >= 0.6 is 11.3 Å². The summed E-state index contributed by atoms with van der Waals surface area (Å²) in [6.07, 6.45) is 3.56. The molecule has 0 bridgehead atoms. The molecule has 0 saturated carbocycles. The van der Waals surface area contributed by atoms with Crippen molar-refractivity contribution in [3.8, 4) is 0 Å². The van der Waals surface area contributed by atoms with Crippen LogP contribution in [-0.2, 0) is 12.6 Å². The average Bonchev–Trinajstić information content (AvgIpc) is 3.03. The molecule has 122 valence electrons. The Kier molecular flexibility index (Phi) is 5.04. The van der Waals surface area contributed by atoms with Crippen molar-refractivity contribution < 1.29 is 5.11 Å². The van der Waals surface area contributed by atoms with Crippen molar-refractivity contribution in [2.24, 2.45) is 7.05 Å². The minimum Gasteiger partial charge on any atom is -0.384 e. The maximum Gasteiger partial charge on any atom is 0.102 e. The van der Waals surface area contributed by atoms with Gasteiger partial charge in [-0.3, -0.25) is 4.68 Å². The summed E-state index contributed by atoms with van der Waals surface area (Å²) >= 11 is 1.75. The predicted molar refractivity (Wildman–Crippen MR) is 90.1 cm³/mol. The van der Waals surface area contributed by atoms with Crippen molar-refractivity contribution in [1.82, 2.24) is 20.1 Å². The number of aromatic nitrogens is 3. The molecule has 0 radical (unpaired) electrons. The summed E-state index contributed by atoms with van der Waals surface area (Å²) in [5.41, 5.74) is 0.954. The zero-order valence-electron chi connectivity index (χ0n) is 14.2. The molecule has 0 saturated heterocycles. The van der Waals surface area contributed by atoms with Crippen LogP contribution < -0.4 is 5.32 Å². The second-order valence-electron chi connectivity index (χ2n) is 6.44. The third-order valence-corrected chi connectivity index (χ3v) is 5.46. The molecule has 0 fully saturated rings. The SMILES string of the molecule is Cc1nc(C(C)C)sc1C(C)NCC(C)(O)c1cnn(C)c1. The minimum atomic E-state index is -0.942. The van der Waals surface area contributed by atoms with Crippen molar-refractivity contribution in [3.05, 3.63) is 33.5 Å². The van der Waals surface area contributed by atoms with E-state index in [4.69, 9.17) is 0 Å². The first-order valence-electron chi connectivity index (χ1n) is 7.63. The molecule has 2 N–H and O–H groups in total. The minimum absolute atomic E-state index is 0.160. The lowest BCUT2D eigenvalue weighted by atomic mass is 9.99. The molecule has 0 aliphatic carbocycles. The van der Waals surface area contributed by atoms with Crippen LogP contribution in [0.5, 0.6) is 0 Å². The molecule has 0 amide bonds. The molecular weight excluding hydrogens is 296 g/mol. The molecule has 2 unspecified atom stereocenters. The Morgan fingerprint density at radius 1 is 1.41 bits per heavy atom. The van der Waals surface area contributed by atoms with Crippen molar-refractivity contribution in [2.75, 3.05) is 6.54 Å². The maximum absolute atomic E-state index is 10.6. The number of aliphatic hydroxyl groups is 1. The first-order valence-corrected chi connectivity index (χ1v) is 8.44. The van der Waals surface area contributed by atoms with E-state index in [1.54, 1.807) is 22.2 Å². The van der Waals surface area contributed by atoms with E-state index >= 15 is 0 Å². The number of aryl methyl sites for hydroxylation is 2. The number of rotatable bonds is 6. The highest BCUT2D eigenvalue weighted by molar-refractivity contribution is 7.11. The van der Waals surface area contributed by atoms with Gasteiger partial charge in [0.15, 0.2) is 0 Å². The summed E-state index contributed by atoms with van der Waals surface area (Å²) in [6.45, 7) is 10.8. The molecule has 0 aliphatic rings. The molecule has 0 aromatic carbocycles. The highest BCUT2D eigenvalue weighted by Crippen LogP contribution is 2.30. The van der Waals surface area contributed by atoms with E-state index < -0.39 is 5.60 Å². The largest absolute Gasteiger partial charge is 0.384 e. The molecule has 2 aromatic rings. The summed E-state index contributed by atoms with van der Waals surface area (Å²) in [4.78, 5) is 5.88. The van der Waals surface area contributed by atoms with Gasteiger partial charge < -0.3 is 10.4 Å². The first kappa shape index (κ1) is 17.1. The lowest BCUT2D eigenvalue weighted by molar-refractivity contribution is 0.0544. The monoisotopic (exact) mass is 322 g/mol. The standard InChI is InChI=1S/C16H26N4OS/c1-10(2)15-19-12(4)14(22-15)11(3)17-9-16(5,21)13-7-18-20(6)8-13/h7-8,10-11,17,21H,9H2,1-6H3. The highest BCUT2D eigenvalue weighted by Gasteiger charge is 2.26. The van der Waals surface area contributed by atoms with Gasteiger partial charge in [-0.25, -0.2) is 4.98 Å². The van der Waals surface area contributed by atoms with Crippen LogP contribution in [0, 0.1) is 6.92 Å². The molecule has 2 atom stereocenters. The zero-order valence-corrected chi connectivity index (χ0v) is 15.0. The molecule has 6 heteroatoms. The first-order chi connectivity index (χ1) is 10.2. The summed E-state index contributed by atoms with van der Waals surface area (Å²) in [5, 5.41) is 19.3. The summed E-state index contributed by atoms with van der Waals surface area (Å²) < 4.78 is 1.70. The molecule has 2 rings (SSSR count). The van der Waals surface area contributed by atoms with Gasteiger partial charge in [0, 0.05) is 42.2 Å². The van der Waals surface area contributed by atoms with Gasteiger partial charge in [-0.2, -0.15) is 5.10 Å². The number of thiazole rings is 1. The lowest BCUT2D eigenvalue weighted by Gasteiger charge is -2.24. The Morgan fingerprint density at radius 2 is 2.09 bits per heavy atom. The molecule has 22 heavy (non-hydrogen) atoms. The Labute approximate surface area is 136 Å². The van der Waals surface area contributed by atoms with Gasteiger partial charge in [-0.1, -0.05) is 13.8 Å². The van der Waals surface area contributed by atoms with E-state index in [1.165, 1.54) is 9.88 Å². The fraction of sp³-hybridized carbons (Fsp3) is 0.625. The summed E-state index contributed by atoms with van der Waals surface area (Å²) in [7, 11) is 1.85. The quantitative estimate of drug-likeness (QED) is 0.858. The summed E-state index contributed by atoms with van der Waals surface area (Å²) in [6, 6.07) is 0.160. The van der Waals surface area contributed by atoms with E-state index in [9.17, 15) is 5.11 Å². The number of hydrogen-bond acceptors (Lipinski definition) is 5. The van der Waals surface area contributed by atoms with Crippen LogP contribution in [0.25, 0.3) is 0 Å². The molecule has 5 nitrogen and oxygen atoms in total. The van der Waals surface area contributed by atoms with Gasteiger partial charge in [-0.05, 0) is 20.8 Å². The van der Waals surface area contributed by atoms with Gasteiger partial charge in [0.2, 0.25) is 0 Å². The van der Waals surface area contributed by atoms with Crippen molar-refractivity contribution in [3.63, 3.8) is 0 Å². The molecule has 0 aliphatic heterocycles. The third-order valence-electron chi connectivity index (χ3n) is 3.82. The van der Waals surface area contributed by atoms with Crippen LogP contribution in [0.2, 0.25) is 0 Å². The molecular formula is C16H26N4OS. The fourth-order valence-corrected chi connectivity index (χ4v) is 3.42. The van der Waals surface area contributed by atoms with E-state index in [0.29, 0.717) is 12.5 Å². The zero-order chi connectivity index (χ0) is 16.5. The van der Waals surface area contributed by atoms with Crippen LogP contribution in [0.4, 0.5) is 0 Å². The van der Waals surface area contributed by atoms with Gasteiger partial charge in [0.25, 0.3) is 0 Å². The second-order valence-corrected chi connectivity index (χ2v) is 7.50. The Morgan fingerprint density at radius 3 is 2.59 bits per heavy atom. The molecule has 2 aromatic heterocycles. The van der Waals surface area contributed by atoms with Crippen LogP contribution in [0.3, 0.4) is 0 Å². The van der Waals surface area contributed by atoms with Crippen molar-refractivity contribution in [2.45, 2.75) is 52.2 Å². The normalized spacial score (nSPS) is 16.0. The number of nitrogens with one attached hydrogen (secondary N) is 1.